The molecule has 0 aromatic carbocycles. The van der Waals surface area contributed by atoms with Crippen molar-refractivity contribution in [1.29, 1.82) is 0 Å². The molecule has 0 aromatic heterocycles. The van der Waals surface area contributed by atoms with Crippen LogP contribution >= 0.6 is 0 Å². The van der Waals surface area contributed by atoms with Crippen molar-refractivity contribution in [2.24, 2.45) is 5.73 Å². The number of ether oxygens (including phenoxy) is 1. The van der Waals surface area contributed by atoms with E-state index in [0.717, 1.165) is 12.8 Å². The number of carbonyl (C=O) groups excluding carboxylic acids is 1. The summed E-state index contributed by atoms with van der Waals surface area (Å²) < 4.78 is 5.55. The van der Waals surface area contributed by atoms with Crippen molar-refractivity contribution in [3.05, 3.63) is 0 Å². The van der Waals surface area contributed by atoms with Gasteiger partial charge in [-0.1, -0.05) is 0 Å². The maximum atomic E-state index is 11.5. The second-order valence-corrected chi connectivity index (χ2v) is 4.26. The lowest BCUT2D eigenvalue weighted by atomic mass is 10.1. The zero-order valence-corrected chi connectivity index (χ0v) is 9.12. The monoisotopic (exact) mass is 200 g/mol. The first-order valence-corrected chi connectivity index (χ1v) is 5.22. The molecule has 1 fully saturated rings. The van der Waals surface area contributed by atoms with Gasteiger partial charge in [0.2, 0.25) is 5.91 Å². The lowest BCUT2D eigenvalue weighted by Crippen LogP contribution is -2.40. The Labute approximate surface area is 85.2 Å². The Bertz CT molecular complexity index is 204. The minimum Gasteiger partial charge on any atom is -0.364 e. The molecule has 82 valence electrons. The smallest absolute Gasteiger partial charge is 0.249 e. The minimum absolute atomic E-state index is 0.00634. The van der Waals surface area contributed by atoms with Crippen LogP contribution in [0.5, 0.6) is 0 Å². The molecular weight excluding hydrogens is 180 g/mol. The van der Waals surface area contributed by atoms with E-state index in [1.165, 1.54) is 0 Å². The molecule has 0 unspecified atom stereocenters. The van der Waals surface area contributed by atoms with Gasteiger partial charge < -0.3 is 15.8 Å². The van der Waals surface area contributed by atoms with Crippen molar-refractivity contribution in [3.63, 3.8) is 0 Å². The highest BCUT2D eigenvalue weighted by atomic mass is 16.5. The van der Waals surface area contributed by atoms with Crippen LogP contribution in [0.15, 0.2) is 0 Å². The normalized spacial score (nSPS) is 29.2. The highest BCUT2D eigenvalue weighted by Gasteiger charge is 2.32. The number of nitrogens with one attached hydrogen (secondary N) is 1. The van der Waals surface area contributed by atoms with Crippen LogP contribution in [0.1, 0.15) is 33.6 Å². The summed E-state index contributed by atoms with van der Waals surface area (Å²) in [6, 6.07) is 0.173. The largest absolute Gasteiger partial charge is 0.364 e. The predicted molar refractivity (Wildman–Crippen MR) is 54.8 cm³/mol. The summed E-state index contributed by atoms with van der Waals surface area (Å²) in [4.78, 5) is 11.5. The van der Waals surface area contributed by atoms with E-state index in [-0.39, 0.29) is 30.2 Å². The second kappa shape index (κ2) is 4.75. The third kappa shape index (κ3) is 2.96. The molecule has 1 rings (SSSR count). The van der Waals surface area contributed by atoms with Crippen LogP contribution in [0.25, 0.3) is 0 Å². The minimum atomic E-state index is -0.298. The van der Waals surface area contributed by atoms with Gasteiger partial charge in [-0.05, 0) is 33.6 Å². The van der Waals surface area contributed by atoms with Crippen LogP contribution in [0.4, 0.5) is 0 Å². The molecule has 1 saturated heterocycles. The molecule has 1 heterocycles. The number of hydrogen-bond acceptors (Lipinski definition) is 3. The highest BCUT2D eigenvalue weighted by molar-refractivity contribution is 5.81. The maximum Gasteiger partial charge on any atom is 0.249 e. The fraction of sp³-hybridized carbons (Fsp3) is 0.900. The Hall–Kier alpha value is -0.610. The lowest BCUT2D eigenvalue weighted by Gasteiger charge is -2.17. The van der Waals surface area contributed by atoms with E-state index >= 15 is 0 Å². The first-order chi connectivity index (χ1) is 6.50. The molecule has 3 atom stereocenters. The summed E-state index contributed by atoms with van der Waals surface area (Å²) in [5.41, 5.74) is 5.70. The summed E-state index contributed by atoms with van der Waals surface area (Å²) in [6.45, 7) is 5.79. The number of amides is 1. The third-order valence-corrected chi connectivity index (χ3v) is 2.36. The molecule has 1 aliphatic heterocycles. The number of rotatable bonds is 3. The molecule has 0 bridgehead atoms. The van der Waals surface area contributed by atoms with Crippen LogP contribution in [0.2, 0.25) is 0 Å². The average molecular weight is 200 g/mol. The van der Waals surface area contributed by atoms with Gasteiger partial charge in [0, 0.05) is 12.1 Å². The standard InChI is InChI=1S/C10H20N2O2/c1-6(2)12-10(13)9-5-4-8(14-9)7(3)11/h6-9H,4-5,11H2,1-3H3,(H,12,13)/t7-,8-,9+/m0/s1. The molecule has 4 heteroatoms. The Morgan fingerprint density at radius 3 is 2.50 bits per heavy atom. The van der Waals surface area contributed by atoms with Gasteiger partial charge in [0.1, 0.15) is 6.10 Å². The number of nitrogens with two attached hydrogens (primary N) is 1. The van der Waals surface area contributed by atoms with Crippen LogP contribution in [-0.4, -0.2) is 30.2 Å². The first-order valence-electron chi connectivity index (χ1n) is 5.22. The van der Waals surface area contributed by atoms with Crippen molar-refractivity contribution in [3.8, 4) is 0 Å². The third-order valence-electron chi connectivity index (χ3n) is 2.36. The summed E-state index contributed by atoms with van der Waals surface area (Å²) in [5, 5.41) is 2.84. The Balaban J connectivity index is 2.38. The van der Waals surface area contributed by atoms with Crippen molar-refractivity contribution in [1.82, 2.24) is 5.32 Å². The van der Waals surface area contributed by atoms with Crippen molar-refractivity contribution in [2.45, 2.75) is 57.9 Å². The van der Waals surface area contributed by atoms with Gasteiger partial charge >= 0.3 is 0 Å². The van der Waals surface area contributed by atoms with E-state index in [9.17, 15) is 4.79 Å². The molecule has 0 aromatic rings. The first kappa shape index (κ1) is 11.5. The Kier molecular flexibility index (Phi) is 3.89. The molecule has 0 radical (unpaired) electrons. The van der Waals surface area contributed by atoms with Crippen molar-refractivity contribution < 1.29 is 9.53 Å². The van der Waals surface area contributed by atoms with Gasteiger partial charge in [-0.25, -0.2) is 0 Å². The quantitative estimate of drug-likeness (QED) is 0.693. The van der Waals surface area contributed by atoms with E-state index in [1.807, 2.05) is 20.8 Å². The van der Waals surface area contributed by atoms with Crippen LogP contribution in [-0.2, 0) is 9.53 Å². The average Bonchev–Trinajstić information content (AvgIpc) is 2.50. The molecule has 1 aliphatic rings. The molecule has 0 aliphatic carbocycles. The van der Waals surface area contributed by atoms with E-state index in [2.05, 4.69) is 5.32 Å². The Morgan fingerprint density at radius 1 is 1.43 bits per heavy atom. The number of hydrogen-bond donors (Lipinski definition) is 2. The summed E-state index contributed by atoms with van der Waals surface area (Å²) in [5.74, 6) is -0.0110. The zero-order chi connectivity index (χ0) is 10.7. The van der Waals surface area contributed by atoms with Gasteiger partial charge in [0.25, 0.3) is 0 Å². The van der Waals surface area contributed by atoms with Crippen LogP contribution in [0.3, 0.4) is 0 Å². The zero-order valence-electron chi connectivity index (χ0n) is 9.12. The summed E-state index contributed by atoms with van der Waals surface area (Å²) in [7, 11) is 0. The number of carbonyl (C=O) groups is 1. The van der Waals surface area contributed by atoms with E-state index in [4.69, 9.17) is 10.5 Å². The maximum absolute atomic E-state index is 11.5. The van der Waals surface area contributed by atoms with Gasteiger partial charge in [0.05, 0.1) is 6.10 Å². The lowest BCUT2D eigenvalue weighted by molar-refractivity contribution is -0.132. The van der Waals surface area contributed by atoms with E-state index in [1.54, 1.807) is 0 Å². The summed E-state index contributed by atoms with van der Waals surface area (Å²) in [6.07, 6.45) is 1.41. The summed E-state index contributed by atoms with van der Waals surface area (Å²) >= 11 is 0. The SMILES string of the molecule is CC(C)NC(=O)[C@H]1CC[C@@H]([C@H](C)N)O1. The Morgan fingerprint density at radius 2 is 2.07 bits per heavy atom. The molecule has 3 N–H and O–H groups in total. The van der Waals surface area contributed by atoms with E-state index < -0.39 is 0 Å². The van der Waals surface area contributed by atoms with Crippen molar-refractivity contribution >= 4 is 5.91 Å². The fourth-order valence-corrected chi connectivity index (χ4v) is 1.62. The van der Waals surface area contributed by atoms with Gasteiger partial charge in [0.15, 0.2) is 0 Å². The second-order valence-electron chi connectivity index (χ2n) is 4.26. The van der Waals surface area contributed by atoms with Crippen LogP contribution < -0.4 is 11.1 Å². The molecule has 1 amide bonds. The van der Waals surface area contributed by atoms with Gasteiger partial charge in [-0.15, -0.1) is 0 Å². The van der Waals surface area contributed by atoms with Gasteiger partial charge in [-0.2, -0.15) is 0 Å². The molecular formula is C10H20N2O2. The highest BCUT2D eigenvalue weighted by Crippen LogP contribution is 2.21. The van der Waals surface area contributed by atoms with Crippen LogP contribution in [0, 0.1) is 0 Å². The van der Waals surface area contributed by atoms with E-state index in [0.29, 0.717) is 0 Å². The molecule has 0 spiro atoms. The topological polar surface area (TPSA) is 64.4 Å². The fourth-order valence-electron chi connectivity index (χ4n) is 1.62. The van der Waals surface area contributed by atoms with Gasteiger partial charge in [-0.3, -0.25) is 4.79 Å². The van der Waals surface area contributed by atoms with Crippen molar-refractivity contribution in [2.75, 3.05) is 0 Å². The molecule has 14 heavy (non-hydrogen) atoms. The molecule has 4 nitrogen and oxygen atoms in total. The molecule has 0 saturated carbocycles. The predicted octanol–water partition coefficient (Wildman–Crippen LogP) is 0.406.